The van der Waals surface area contributed by atoms with Crippen LogP contribution in [0.25, 0.3) is 0 Å². The summed E-state index contributed by atoms with van der Waals surface area (Å²) in [6.07, 6.45) is 2.36. The lowest BCUT2D eigenvalue weighted by Crippen LogP contribution is -2.35. The van der Waals surface area contributed by atoms with Crippen LogP contribution in [0.5, 0.6) is 0 Å². The molecule has 0 spiro atoms. The Kier molecular flexibility index (Phi) is 17.2. The van der Waals surface area contributed by atoms with E-state index < -0.39 is 14.5 Å². The van der Waals surface area contributed by atoms with Gasteiger partial charge in [-0.15, -0.1) is 0 Å². The van der Waals surface area contributed by atoms with Crippen LogP contribution in [0, 0.1) is 0 Å². The molecular formula is C19H38O7Si2. The summed E-state index contributed by atoms with van der Waals surface area (Å²) in [5.74, 6) is -0.676. The van der Waals surface area contributed by atoms with Gasteiger partial charge in [-0.2, -0.15) is 0 Å². The van der Waals surface area contributed by atoms with Gasteiger partial charge in [0, 0.05) is 38.4 Å². The second kappa shape index (κ2) is 16.7. The number of carbonyl (C=O) groups excluding carboxylic acids is 2. The Hall–Kier alpha value is -1.27. The molecule has 0 aromatic heterocycles. The fourth-order valence-corrected chi connectivity index (χ4v) is 2.39. The molecule has 0 heterocycles. The Morgan fingerprint density at radius 3 is 1.71 bits per heavy atom. The third kappa shape index (κ3) is 16.9. The molecular weight excluding hydrogens is 396 g/mol. The fourth-order valence-electron chi connectivity index (χ4n) is 1.55. The minimum Gasteiger partial charge on any atom is -0.462 e. The molecule has 0 bridgehead atoms. The van der Waals surface area contributed by atoms with Crippen LogP contribution in [0.15, 0.2) is 24.3 Å². The summed E-state index contributed by atoms with van der Waals surface area (Å²) in [5.41, 5.74) is 0.296. The SMILES string of the molecule is C=C(C)C(=O)OCCC([SiH3])(OC)OC.C=C(C)C(=O)OCCCCO[SiH](C)C. The maximum atomic E-state index is 11.0. The third-order valence-corrected chi connectivity index (χ3v) is 5.79. The summed E-state index contributed by atoms with van der Waals surface area (Å²) >= 11 is 0. The molecule has 0 aliphatic heterocycles. The molecule has 0 saturated carbocycles. The molecule has 0 aliphatic rings. The average molecular weight is 435 g/mol. The zero-order valence-electron chi connectivity index (χ0n) is 18.6. The fraction of sp³-hybridized carbons (Fsp3) is 0.684. The van der Waals surface area contributed by atoms with Crippen LogP contribution in [0.1, 0.15) is 33.1 Å². The van der Waals surface area contributed by atoms with Gasteiger partial charge < -0.3 is 23.4 Å². The van der Waals surface area contributed by atoms with Crippen LogP contribution in [0.4, 0.5) is 0 Å². The standard InChI is InChI=1S/C10H20O3Si.C9H18O4Si/c1-9(2)10(11)12-7-5-6-8-13-14(3)4;1-7(2)8(10)13-6-5-9(14,11-3)12-4/h14H,1,5-8H2,2-4H3;1,5-6H2,2-4,14H3. The Morgan fingerprint density at radius 1 is 0.893 bits per heavy atom. The molecule has 0 aromatic rings. The minimum atomic E-state index is -0.880. The number of carbonyl (C=O) groups is 2. The number of rotatable bonds is 13. The van der Waals surface area contributed by atoms with E-state index in [9.17, 15) is 9.59 Å². The highest BCUT2D eigenvalue weighted by molar-refractivity contribution is 6.48. The third-order valence-electron chi connectivity index (χ3n) is 3.57. The first-order chi connectivity index (χ1) is 13.0. The first-order valence-corrected chi connectivity index (χ1v) is 13.1. The second-order valence-electron chi connectivity index (χ2n) is 6.75. The highest BCUT2D eigenvalue weighted by atomic mass is 28.3. The number of hydrogen-bond donors (Lipinski definition) is 0. The van der Waals surface area contributed by atoms with E-state index >= 15 is 0 Å². The Bertz CT molecular complexity index is 489. The zero-order chi connectivity index (χ0) is 22.2. The molecule has 0 N–H and O–H groups in total. The van der Waals surface area contributed by atoms with E-state index in [4.69, 9.17) is 23.4 Å². The zero-order valence-corrected chi connectivity index (χ0v) is 21.7. The van der Waals surface area contributed by atoms with Gasteiger partial charge in [-0.25, -0.2) is 9.59 Å². The smallest absolute Gasteiger partial charge is 0.333 e. The molecule has 0 rings (SSSR count). The van der Waals surface area contributed by atoms with Crippen molar-refractivity contribution in [3.8, 4) is 0 Å². The van der Waals surface area contributed by atoms with E-state index in [1.54, 1.807) is 28.1 Å². The van der Waals surface area contributed by atoms with Gasteiger partial charge >= 0.3 is 11.9 Å². The van der Waals surface area contributed by atoms with Gasteiger partial charge in [0.1, 0.15) is 5.41 Å². The van der Waals surface area contributed by atoms with Crippen molar-refractivity contribution in [3.05, 3.63) is 24.3 Å². The van der Waals surface area contributed by atoms with E-state index in [1.807, 2.05) is 0 Å². The second-order valence-corrected chi connectivity index (χ2v) is 10.7. The highest BCUT2D eigenvalue weighted by Crippen LogP contribution is 2.11. The Labute approximate surface area is 174 Å². The lowest BCUT2D eigenvalue weighted by molar-refractivity contribution is -0.160. The predicted molar refractivity (Wildman–Crippen MR) is 117 cm³/mol. The van der Waals surface area contributed by atoms with Crippen molar-refractivity contribution in [2.75, 3.05) is 34.0 Å². The van der Waals surface area contributed by atoms with Crippen LogP contribution < -0.4 is 0 Å². The minimum absolute atomic E-state index is 0.289. The van der Waals surface area contributed by atoms with Crippen LogP contribution in [-0.2, 0) is 33.0 Å². The summed E-state index contributed by atoms with van der Waals surface area (Å²) in [6.45, 7) is 16.1. The van der Waals surface area contributed by atoms with Crippen molar-refractivity contribution in [1.82, 2.24) is 0 Å². The summed E-state index contributed by atoms with van der Waals surface area (Å²) < 4.78 is 25.6. The van der Waals surface area contributed by atoms with Crippen LogP contribution in [0.2, 0.25) is 13.1 Å². The quantitative estimate of drug-likeness (QED) is 0.143. The average Bonchev–Trinajstić information content (AvgIpc) is 2.64. The van der Waals surface area contributed by atoms with Crippen molar-refractivity contribution in [2.45, 2.75) is 51.6 Å². The molecule has 0 fully saturated rings. The molecule has 0 radical (unpaired) electrons. The van der Waals surface area contributed by atoms with E-state index in [0.29, 0.717) is 24.2 Å². The largest absolute Gasteiger partial charge is 0.462 e. The molecule has 0 unspecified atom stereocenters. The van der Waals surface area contributed by atoms with Gasteiger partial charge in [0.2, 0.25) is 0 Å². The van der Waals surface area contributed by atoms with Crippen molar-refractivity contribution >= 4 is 31.2 Å². The van der Waals surface area contributed by atoms with Gasteiger partial charge in [-0.05, 0) is 39.8 Å². The molecule has 0 aliphatic carbocycles. The number of ether oxygens (including phenoxy) is 4. The molecule has 9 heteroatoms. The number of hydrogen-bond acceptors (Lipinski definition) is 7. The predicted octanol–water partition coefficient (Wildman–Crippen LogP) is 1.69. The summed E-state index contributed by atoms with van der Waals surface area (Å²) in [4.78, 5) is 22.0. The molecule has 28 heavy (non-hydrogen) atoms. The van der Waals surface area contributed by atoms with Crippen molar-refractivity contribution in [2.24, 2.45) is 0 Å². The Morgan fingerprint density at radius 2 is 1.32 bits per heavy atom. The highest BCUT2D eigenvalue weighted by Gasteiger charge is 2.22. The van der Waals surface area contributed by atoms with E-state index in [1.165, 1.54) is 0 Å². The first-order valence-electron chi connectivity index (χ1n) is 9.36. The van der Waals surface area contributed by atoms with E-state index in [-0.39, 0.29) is 18.5 Å². The molecule has 164 valence electrons. The van der Waals surface area contributed by atoms with Crippen molar-refractivity contribution in [3.63, 3.8) is 0 Å². The summed E-state index contributed by atoms with van der Waals surface area (Å²) in [6, 6.07) is 0. The Balaban J connectivity index is 0. The maximum absolute atomic E-state index is 11.0. The molecule has 7 nitrogen and oxygen atoms in total. The van der Waals surface area contributed by atoms with Gasteiger partial charge in [0.05, 0.1) is 23.5 Å². The topological polar surface area (TPSA) is 80.3 Å². The normalized spacial score (nSPS) is 10.8. The summed E-state index contributed by atoms with van der Waals surface area (Å²) in [5, 5.41) is 0. The van der Waals surface area contributed by atoms with Gasteiger partial charge in [-0.3, -0.25) is 0 Å². The number of unbranched alkanes of at least 4 members (excludes halogenated alkanes) is 1. The maximum Gasteiger partial charge on any atom is 0.333 e. The van der Waals surface area contributed by atoms with Crippen molar-refractivity contribution < 1.29 is 33.0 Å². The number of methoxy groups -OCH3 is 2. The van der Waals surface area contributed by atoms with Gasteiger partial charge in [-0.1, -0.05) is 13.2 Å². The number of esters is 2. The van der Waals surface area contributed by atoms with Gasteiger partial charge in [0.25, 0.3) is 0 Å². The molecule has 0 atom stereocenters. The summed E-state index contributed by atoms with van der Waals surface area (Å²) in [7, 11) is 3.00. The lowest BCUT2D eigenvalue weighted by Gasteiger charge is -2.26. The molecule has 0 saturated heterocycles. The van der Waals surface area contributed by atoms with E-state index in [2.05, 4.69) is 26.3 Å². The molecule has 0 amide bonds. The molecule has 0 aromatic carbocycles. The van der Waals surface area contributed by atoms with Crippen LogP contribution in [0.3, 0.4) is 0 Å². The van der Waals surface area contributed by atoms with Crippen LogP contribution in [-0.4, -0.2) is 70.7 Å². The van der Waals surface area contributed by atoms with Crippen LogP contribution >= 0.6 is 0 Å². The van der Waals surface area contributed by atoms with Gasteiger partial charge in [0.15, 0.2) is 9.04 Å². The van der Waals surface area contributed by atoms with E-state index in [0.717, 1.165) is 29.7 Å². The first kappa shape index (κ1) is 28.9. The lowest BCUT2D eigenvalue weighted by atomic mass is 10.3. The monoisotopic (exact) mass is 434 g/mol. The van der Waals surface area contributed by atoms with Crippen molar-refractivity contribution in [1.29, 1.82) is 0 Å².